The normalized spacial score (nSPS) is 16.2. The molecule has 0 spiro atoms. The lowest BCUT2D eigenvalue weighted by Gasteiger charge is -2.12. The summed E-state index contributed by atoms with van der Waals surface area (Å²) in [5.74, 6) is 1.66. The van der Waals surface area contributed by atoms with E-state index in [1.165, 1.54) is 23.9 Å². The second-order valence-electron chi connectivity index (χ2n) is 6.76. The van der Waals surface area contributed by atoms with E-state index in [1.807, 2.05) is 31.2 Å². The number of furan rings is 1. The van der Waals surface area contributed by atoms with Crippen LogP contribution < -0.4 is 4.74 Å². The average Bonchev–Trinajstić information content (AvgIpc) is 3.39. The predicted molar refractivity (Wildman–Crippen MR) is 124 cm³/mol. The molecule has 0 unspecified atom stereocenters. The van der Waals surface area contributed by atoms with Crippen molar-refractivity contribution >= 4 is 40.3 Å². The highest BCUT2D eigenvalue weighted by Crippen LogP contribution is 2.35. The monoisotopic (exact) mass is 449 g/mol. The summed E-state index contributed by atoms with van der Waals surface area (Å²) in [5.41, 5.74) is 1.45. The van der Waals surface area contributed by atoms with Crippen molar-refractivity contribution in [1.29, 1.82) is 0 Å². The first-order chi connectivity index (χ1) is 15.5. The molecule has 32 heavy (non-hydrogen) atoms. The molecule has 3 aromatic rings. The van der Waals surface area contributed by atoms with Gasteiger partial charge in [-0.1, -0.05) is 0 Å². The molecule has 0 bridgehead atoms. The first-order valence-electron chi connectivity index (χ1n) is 9.77. The maximum atomic E-state index is 12.9. The Kier molecular flexibility index (Phi) is 6.09. The van der Waals surface area contributed by atoms with Gasteiger partial charge in [-0.2, -0.15) is 0 Å². The van der Waals surface area contributed by atoms with Gasteiger partial charge in [0.05, 0.1) is 22.6 Å². The number of ether oxygens (including phenoxy) is 1. The molecule has 1 amide bonds. The lowest BCUT2D eigenvalue weighted by molar-refractivity contribution is -0.384. The molecule has 2 heterocycles. The summed E-state index contributed by atoms with van der Waals surface area (Å²) in [7, 11) is 1.60. The van der Waals surface area contributed by atoms with Gasteiger partial charge in [-0.15, -0.1) is 0 Å². The fourth-order valence-corrected chi connectivity index (χ4v) is 4.14. The van der Waals surface area contributed by atoms with Crippen molar-refractivity contribution in [1.82, 2.24) is 4.90 Å². The number of amidine groups is 1. The van der Waals surface area contributed by atoms with Gasteiger partial charge in [0, 0.05) is 30.3 Å². The van der Waals surface area contributed by atoms with Crippen LogP contribution in [0.2, 0.25) is 0 Å². The number of methoxy groups -OCH3 is 1. The number of carbonyl (C=O) groups is 1. The molecule has 0 radical (unpaired) electrons. The molecule has 0 N–H and O–H groups in total. The van der Waals surface area contributed by atoms with Crippen molar-refractivity contribution in [2.45, 2.75) is 6.92 Å². The van der Waals surface area contributed by atoms with Gasteiger partial charge in [0.1, 0.15) is 17.3 Å². The number of rotatable bonds is 6. The highest BCUT2D eigenvalue weighted by molar-refractivity contribution is 8.18. The van der Waals surface area contributed by atoms with Gasteiger partial charge in [0.25, 0.3) is 11.6 Å². The Morgan fingerprint density at radius 1 is 1.12 bits per heavy atom. The minimum atomic E-state index is -0.449. The molecule has 1 aliphatic heterocycles. The van der Waals surface area contributed by atoms with Gasteiger partial charge < -0.3 is 9.15 Å². The molecular formula is C23H19N3O5S. The third kappa shape index (κ3) is 4.42. The maximum absolute atomic E-state index is 12.9. The number of amides is 1. The summed E-state index contributed by atoms with van der Waals surface area (Å²) in [6.45, 7) is 2.38. The highest BCUT2D eigenvalue weighted by Gasteiger charge is 2.32. The van der Waals surface area contributed by atoms with E-state index in [9.17, 15) is 14.9 Å². The molecule has 0 atom stereocenters. The van der Waals surface area contributed by atoms with Crippen LogP contribution in [0.3, 0.4) is 0 Å². The molecule has 1 fully saturated rings. The van der Waals surface area contributed by atoms with Crippen molar-refractivity contribution in [3.05, 3.63) is 81.4 Å². The number of nitrogens with zero attached hydrogens (tertiary/aromatic N) is 3. The van der Waals surface area contributed by atoms with Crippen molar-refractivity contribution in [3.63, 3.8) is 0 Å². The smallest absolute Gasteiger partial charge is 0.269 e. The Morgan fingerprint density at radius 2 is 1.84 bits per heavy atom. The SMILES string of the molecule is CCN1C(=O)/C(=C/c2ccc(-c3ccc([N+](=O)[O-])cc3)o2)SC1=Nc1ccc(OC)cc1. The molecule has 0 saturated carbocycles. The molecule has 162 valence electrons. The van der Waals surface area contributed by atoms with E-state index in [-0.39, 0.29) is 11.6 Å². The molecular weight excluding hydrogens is 430 g/mol. The Bertz CT molecular complexity index is 1210. The van der Waals surface area contributed by atoms with Crippen molar-refractivity contribution in [2.75, 3.05) is 13.7 Å². The van der Waals surface area contributed by atoms with E-state index in [2.05, 4.69) is 4.99 Å². The summed E-state index contributed by atoms with van der Waals surface area (Å²) < 4.78 is 11.0. The Morgan fingerprint density at radius 3 is 2.47 bits per heavy atom. The van der Waals surface area contributed by atoms with Crippen LogP contribution >= 0.6 is 11.8 Å². The molecule has 1 aromatic heterocycles. The number of aliphatic imine (C=N–C) groups is 1. The molecule has 9 heteroatoms. The summed E-state index contributed by atoms with van der Waals surface area (Å²) >= 11 is 1.28. The van der Waals surface area contributed by atoms with Crippen molar-refractivity contribution in [3.8, 4) is 17.1 Å². The van der Waals surface area contributed by atoms with Crippen LogP contribution in [-0.2, 0) is 4.79 Å². The zero-order valence-corrected chi connectivity index (χ0v) is 18.2. The third-order valence-electron chi connectivity index (χ3n) is 4.76. The second kappa shape index (κ2) is 9.11. The van der Waals surface area contributed by atoms with Crippen LogP contribution in [0.25, 0.3) is 17.4 Å². The van der Waals surface area contributed by atoms with Crippen LogP contribution in [0, 0.1) is 10.1 Å². The maximum Gasteiger partial charge on any atom is 0.269 e. The zero-order chi connectivity index (χ0) is 22.7. The molecule has 8 nitrogen and oxygen atoms in total. The van der Waals surface area contributed by atoms with E-state index in [1.54, 1.807) is 42.4 Å². The standard InChI is InChI=1S/C23H19N3O5S/c1-3-25-22(27)21(32-23(25)24-16-6-10-18(30-2)11-7-16)14-19-12-13-20(31-19)15-4-8-17(9-5-15)26(28)29/h4-14H,3H2,1-2H3/b21-14-,24-23?. The summed E-state index contributed by atoms with van der Waals surface area (Å²) in [4.78, 5) is 29.9. The minimum absolute atomic E-state index is 0.0129. The van der Waals surface area contributed by atoms with E-state index in [4.69, 9.17) is 9.15 Å². The number of thioether (sulfide) groups is 1. The van der Waals surface area contributed by atoms with Crippen molar-refractivity contribution in [2.24, 2.45) is 4.99 Å². The number of hydrogen-bond acceptors (Lipinski definition) is 7. The lowest BCUT2D eigenvalue weighted by Crippen LogP contribution is -2.28. The van der Waals surface area contributed by atoms with Gasteiger partial charge in [0.2, 0.25) is 0 Å². The van der Waals surface area contributed by atoms with Gasteiger partial charge in [0.15, 0.2) is 5.17 Å². The molecule has 1 saturated heterocycles. The van der Waals surface area contributed by atoms with Gasteiger partial charge in [-0.3, -0.25) is 19.8 Å². The Labute approximate surface area is 188 Å². The number of nitro benzene ring substituents is 1. The Balaban J connectivity index is 1.57. The molecule has 2 aromatic carbocycles. The molecule has 4 rings (SSSR count). The topological polar surface area (TPSA) is 98.2 Å². The summed E-state index contributed by atoms with van der Waals surface area (Å²) in [6, 6.07) is 16.9. The number of nitro groups is 1. The van der Waals surface area contributed by atoms with Gasteiger partial charge >= 0.3 is 0 Å². The van der Waals surface area contributed by atoms with Crippen LogP contribution in [0.1, 0.15) is 12.7 Å². The number of non-ortho nitro benzene ring substituents is 1. The second-order valence-corrected chi connectivity index (χ2v) is 7.77. The zero-order valence-electron chi connectivity index (χ0n) is 17.3. The van der Waals surface area contributed by atoms with E-state index in [0.717, 1.165) is 11.4 Å². The number of likely N-dealkylation sites (N-methyl/N-ethyl adjacent to an activating group) is 1. The largest absolute Gasteiger partial charge is 0.497 e. The van der Waals surface area contributed by atoms with Crippen LogP contribution in [0.15, 0.2) is 75.0 Å². The average molecular weight is 449 g/mol. The van der Waals surface area contributed by atoms with E-state index < -0.39 is 4.92 Å². The fraction of sp³-hybridized carbons (Fsp3) is 0.130. The van der Waals surface area contributed by atoms with Crippen molar-refractivity contribution < 1.29 is 18.9 Å². The first kappa shape index (κ1) is 21.4. The molecule has 1 aliphatic rings. The fourth-order valence-electron chi connectivity index (χ4n) is 3.10. The summed E-state index contributed by atoms with van der Waals surface area (Å²) in [6.07, 6.45) is 1.68. The first-order valence-corrected chi connectivity index (χ1v) is 10.6. The third-order valence-corrected chi connectivity index (χ3v) is 5.77. The van der Waals surface area contributed by atoms with Crippen LogP contribution in [0.4, 0.5) is 11.4 Å². The van der Waals surface area contributed by atoms with Crippen LogP contribution in [-0.4, -0.2) is 34.6 Å². The molecule has 0 aliphatic carbocycles. The Hall–Kier alpha value is -3.85. The van der Waals surface area contributed by atoms with E-state index in [0.29, 0.717) is 33.7 Å². The highest BCUT2D eigenvalue weighted by atomic mass is 32.2. The number of benzene rings is 2. The van der Waals surface area contributed by atoms with Crippen LogP contribution in [0.5, 0.6) is 5.75 Å². The number of hydrogen-bond donors (Lipinski definition) is 0. The predicted octanol–water partition coefficient (Wildman–Crippen LogP) is 5.49. The van der Waals surface area contributed by atoms with E-state index >= 15 is 0 Å². The minimum Gasteiger partial charge on any atom is -0.497 e. The van der Waals surface area contributed by atoms with Gasteiger partial charge in [-0.05, 0) is 67.2 Å². The van der Waals surface area contributed by atoms with Gasteiger partial charge in [-0.25, -0.2) is 4.99 Å². The number of carbonyl (C=O) groups excluding carboxylic acids is 1. The lowest BCUT2D eigenvalue weighted by atomic mass is 10.1. The summed E-state index contributed by atoms with van der Waals surface area (Å²) in [5, 5.41) is 11.4. The quantitative estimate of drug-likeness (QED) is 0.280.